The van der Waals surface area contributed by atoms with E-state index in [0.717, 1.165) is 0 Å². The van der Waals surface area contributed by atoms with Crippen LogP contribution in [0.4, 0.5) is 5.69 Å². The van der Waals surface area contributed by atoms with Gasteiger partial charge in [-0.25, -0.2) is 8.42 Å². The Kier molecular flexibility index (Phi) is 4.31. The van der Waals surface area contributed by atoms with E-state index in [1.807, 2.05) is 7.05 Å². The van der Waals surface area contributed by atoms with Gasteiger partial charge in [0.1, 0.15) is 0 Å². The molecule has 1 aromatic rings. The molecule has 0 radical (unpaired) electrons. The highest BCUT2D eigenvalue weighted by molar-refractivity contribution is 7.89. The summed E-state index contributed by atoms with van der Waals surface area (Å²) < 4.78 is 26.8. The van der Waals surface area contributed by atoms with Crippen LogP contribution in [0, 0.1) is 24.0 Å². The zero-order chi connectivity index (χ0) is 15.8. The highest BCUT2D eigenvalue weighted by Gasteiger charge is 2.30. The first-order chi connectivity index (χ1) is 9.75. The van der Waals surface area contributed by atoms with Gasteiger partial charge in [-0.3, -0.25) is 10.1 Å². The summed E-state index contributed by atoms with van der Waals surface area (Å²) in [5.41, 5.74) is 0.795. The van der Waals surface area contributed by atoms with Crippen LogP contribution in [0.25, 0.3) is 0 Å². The molecule has 0 N–H and O–H groups in total. The predicted octanol–water partition coefficient (Wildman–Crippen LogP) is 1.15. The Bertz CT molecular complexity index is 664. The van der Waals surface area contributed by atoms with Gasteiger partial charge in [0.25, 0.3) is 5.69 Å². The Morgan fingerprint density at radius 3 is 2.19 bits per heavy atom. The second kappa shape index (κ2) is 5.70. The number of rotatable bonds is 3. The van der Waals surface area contributed by atoms with Crippen LogP contribution in [-0.4, -0.2) is 55.8 Å². The fourth-order valence-corrected chi connectivity index (χ4v) is 4.13. The third-order valence-corrected chi connectivity index (χ3v) is 6.03. The maximum absolute atomic E-state index is 12.7. The van der Waals surface area contributed by atoms with Crippen molar-refractivity contribution in [2.24, 2.45) is 0 Å². The van der Waals surface area contributed by atoms with Crippen LogP contribution in [-0.2, 0) is 10.0 Å². The normalized spacial score (nSPS) is 17.9. The molecule has 0 unspecified atom stereocenters. The molecule has 0 aromatic heterocycles. The van der Waals surface area contributed by atoms with Crippen molar-refractivity contribution in [3.05, 3.63) is 33.4 Å². The minimum absolute atomic E-state index is 0.0511. The van der Waals surface area contributed by atoms with E-state index in [9.17, 15) is 18.5 Å². The van der Waals surface area contributed by atoms with Crippen LogP contribution in [0.15, 0.2) is 17.0 Å². The highest BCUT2D eigenvalue weighted by atomic mass is 32.2. The molecule has 1 saturated heterocycles. The third kappa shape index (κ3) is 2.92. The number of hydrogen-bond acceptors (Lipinski definition) is 5. The van der Waals surface area contributed by atoms with E-state index in [1.54, 1.807) is 13.8 Å². The van der Waals surface area contributed by atoms with Crippen LogP contribution < -0.4 is 0 Å². The van der Waals surface area contributed by atoms with Crippen LogP contribution in [0.2, 0.25) is 0 Å². The molecule has 1 heterocycles. The van der Waals surface area contributed by atoms with E-state index >= 15 is 0 Å². The predicted molar refractivity (Wildman–Crippen MR) is 78.8 cm³/mol. The molecule has 0 bridgehead atoms. The largest absolute Gasteiger partial charge is 0.304 e. The van der Waals surface area contributed by atoms with Gasteiger partial charge in [0.15, 0.2) is 0 Å². The molecule has 0 saturated carbocycles. The molecule has 0 spiro atoms. The van der Waals surface area contributed by atoms with Crippen molar-refractivity contribution in [1.29, 1.82) is 0 Å². The van der Waals surface area contributed by atoms with Gasteiger partial charge in [-0.2, -0.15) is 4.31 Å². The molecule has 116 valence electrons. The lowest BCUT2D eigenvalue weighted by molar-refractivity contribution is -0.385. The van der Waals surface area contributed by atoms with Crippen LogP contribution in [0.5, 0.6) is 0 Å². The van der Waals surface area contributed by atoms with E-state index in [4.69, 9.17) is 0 Å². The van der Waals surface area contributed by atoms with Crippen LogP contribution in [0.1, 0.15) is 11.1 Å². The minimum Gasteiger partial charge on any atom is -0.304 e. The summed E-state index contributed by atoms with van der Waals surface area (Å²) in [5.74, 6) is 0. The average molecular weight is 313 g/mol. The summed E-state index contributed by atoms with van der Waals surface area (Å²) in [4.78, 5) is 12.7. The Morgan fingerprint density at radius 1 is 1.10 bits per heavy atom. The standard InChI is InChI=1S/C13H19N3O4S/c1-10-11(2)13(5-4-12(10)16(17)18)21(19,20)15-8-6-14(3)7-9-15/h4-5H,6-9H2,1-3H3. The molecule has 8 heteroatoms. The van der Waals surface area contributed by atoms with Crippen molar-refractivity contribution in [3.8, 4) is 0 Å². The van der Waals surface area contributed by atoms with Crippen molar-refractivity contribution >= 4 is 15.7 Å². The molecule has 21 heavy (non-hydrogen) atoms. The molecule has 0 aliphatic carbocycles. The third-order valence-electron chi connectivity index (χ3n) is 3.99. The Labute approximate surface area is 124 Å². The first kappa shape index (κ1) is 15.9. The van der Waals surface area contributed by atoms with E-state index < -0.39 is 14.9 Å². The summed E-state index contributed by atoms with van der Waals surface area (Å²) in [7, 11) is -1.65. The van der Waals surface area contributed by atoms with Gasteiger partial charge >= 0.3 is 0 Å². The Balaban J connectivity index is 2.41. The maximum Gasteiger partial charge on any atom is 0.272 e. The molecular formula is C13H19N3O4S. The van der Waals surface area contributed by atoms with Crippen molar-refractivity contribution < 1.29 is 13.3 Å². The van der Waals surface area contributed by atoms with E-state index in [1.165, 1.54) is 16.4 Å². The molecular weight excluding hydrogens is 294 g/mol. The van der Waals surface area contributed by atoms with Gasteiger partial charge in [0.05, 0.1) is 9.82 Å². The highest BCUT2D eigenvalue weighted by Crippen LogP contribution is 2.29. The van der Waals surface area contributed by atoms with Gasteiger partial charge in [0.2, 0.25) is 10.0 Å². The molecule has 0 amide bonds. The van der Waals surface area contributed by atoms with E-state index in [-0.39, 0.29) is 10.6 Å². The summed E-state index contributed by atoms with van der Waals surface area (Å²) in [6.45, 7) is 5.44. The van der Waals surface area contributed by atoms with Crippen molar-refractivity contribution in [1.82, 2.24) is 9.21 Å². The van der Waals surface area contributed by atoms with Crippen LogP contribution in [0.3, 0.4) is 0 Å². The number of nitro groups is 1. The first-order valence-electron chi connectivity index (χ1n) is 6.68. The molecule has 7 nitrogen and oxygen atoms in total. The lowest BCUT2D eigenvalue weighted by Gasteiger charge is -2.32. The van der Waals surface area contributed by atoms with Crippen molar-refractivity contribution in [3.63, 3.8) is 0 Å². The fraction of sp³-hybridized carbons (Fsp3) is 0.538. The number of nitrogens with zero attached hydrogens (tertiary/aromatic N) is 3. The zero-order valence-electron chi connectivity index (χ0n) is 12.4. The summed E-state index contributed by atoms with van der Waals surface area (Å²) in [5, 5.41) is 10.9. The Morgan fingerprint density at radius 2 is 1.67 bits per heavy atom. The van der Waals surface area contributed by atoms with Gasteiger partial charge in [-0.1, -0.05) is 0 Å². The number of likely N-dealkylation sites (N-methyl/N-ethyl adjacent to an activating group) is 1. The Hall–Kier alpha value is -1.51. The topological polar surface area (TPSA) is 83.8 Å². The average Bonchev–Trinajstić information content (AvgIpc) is 2.41. The number of sulfonamides is 1. The quantitative estimate of drug-likeness (QED) is 0.617. The second-order valence-electron chi connectivity index (χ2n) is 5.30. The number of hydrogen-bond donors (Lipinski definition) is 0. The second-order valence-corrected chi connectivity index (χ2v) is 7.20. The van der Waals surface area contributed by atoms with Gasteiger partial charge in [-0.05, 0) is 32.5 Å². The SMILES string of the molecule is Cc1c([N+](=O)[O-])ccc(S(=O)(=O)N2CCN(C)CC2)c1C. The lowest BCUT2D eigenvalue weighted by Crippen LogP contribution is -2.47. The molecule has 2 rings (SSSR count). The minimum atomic E-state index is -3.60. The molecule has 1 aromatic carbocycles. The monoisotopic (exact) mass is 313 g/mol. The number of piperazine rings is 1. The molecule has 1 fully saturated rings. The van der Waals surface area contributed by atoms with Crippen molar-refractivity contribution in [2.45, 2.75) is 18.7 Å². The molecule has 1 aliphatic rings. The van der Waals surface area contributed by atoms with Gasteiger partial charge in [0, 0.05) is 37.8 Å². The van der Waals surface area contributed by atoms with Crippen LogP contribution >= 0.6 is 0 Å². The lowest BCUT2D eigenvalue weighted by atomic mass is 10.1. The fourth-order valence-electron chi connectivity index (χ4n) is 2.43. The van der Waals surface area contributed by atoms with E-state index in [0.29, 0.717) is 37.3 Å². The maximum atomic E-state index is 12.7. The van der Waals surface area contributed by atoms with E-state index in [2.05, 4.69) is 4.90 Å². The smallest absolute Gasteiger partial charge is 0.272 e. The number of nitro benzene ring substituents is 1. The summed E-state index contributed by atoms with van der Waals surface area (Å²) in [6.07, 6.45) is 0. The first-order valence-corrected chi connectivity index (χ1v) is 8.12. The molecule has 1 aliphatic heterocycles. The summed E-state index contributed by atoms with van der Waals surface area (Å²) in [6, 6.07) is 2.61. The molecule has 0 atom stereocenters. The number of benzene rings is 1. The zero-order valence-corrected chi connectivity index (χ0v) is 13.2. The van der Waals surface area contributed by atoms with Crippen molar-refractivity contribution in [2.75, 3.05) is 33.2 Å². The van der Waals surface area contributed by atoms with Gasteiger partial charge in [-0.15, -0.1) is 0 Å². The van der Waals surface area contributed by atoms with Gasteiger partial charge < -0.3 is 4.90 Å². The summed E-state index contributed by atoms with van der Waals surface area (Å²) >= 11 is 0.